The van der Waals surface area contributed by atoms with Crippen LogP contribution in [0.4, 0.5) is 0 Å². The lowest BCUT2D eigenvalue weighted by atomic mass is 10.8. The van der Waals surface area contributed by atoms with Gasteiger partial charge in [-0.25, -0.2) is 0 Å². The third-order valence-corrected chi connectivity index (χ3v) is 0.275. The van der Waals surface area contributed by atoms with E-state index >= 15 is 0 Å². The topological polar surface area (TPSA) is 26.0 Å². The summed E-state index contributed by atoms with van der Waals surface area (Å²) in [6.07, 6.45) is 4.71. The van der Waals surface area contributed by atoms with Gasteiger partial charge in [-0.3, -0.25) is 0 Å². The zero-order valence-electron chi connectivity index (χ0n) is 2.43. The molecular weight excluding hydrogens is 66.0 g/mol. The molecule has 1 heterocycles. The van der Waals surface area contributed by atoms with Crippen LogP contribution < -0.4 is 0 Å². The molecule has 2 nitrogen and oxygen atoms in total. The van der Waals surface area contributed by atoms with Crippen LogP contribution in [0.25, 0.3) is 0 Å². The Kier molecular flexibility index (Phi) is 0.433. The van der Waals surface area contributed by atoms with Gasteiger partial charge in [0.1, 0.15) is 6.20 Å². The molecule has 0 aliphatic heterocycles. The molecule has 1 rings (SSSR count). The minimum absolute atomic E-state index is 1.47. The maximum Gasteiger partial charge on any atom is 0.205 e. The van der Waals surface area contributed by atoms with Gasteiger partial charge in [0.15, 0.2) is 0 Å². The van der Waals surface area contributed by atoms with Crippen molar-refractivity contribution < 1.29 is 4.52 Å². The van der Waals surface area contributed by atoms with E-state index in [-0.39, 0.29) is 0 Å². The van der Waals surface area contributed by atoms with Gasteiger partial charge in [0.05, 0.1) is 0 Å². The van der Waals surface area contributed by atoms with Gasteiger partial charge < -0.3 is 4.52 Å². The summed E-state index contributed by atoms with van der Waals surface area (Å²) in [5.74, 6) is 0. The molecule has 0 aromatic carbocycles. The Hall–Kier alpha value is -0.790. The molecule has 0 unspecified atom stereocenters. The van der Waals surface area contributed by atoms with Crippen molar-refractivity contribution in [1.29, 1.82) is 0 Å². The van der Waals surface area contributed by atoms with E-state index < -0.39 is 0 Å². The predicted molar refractivity (Wildman–Crippen MR) is 14.2 cm³/mol. The van der Waals surface area contributed by atoms with E-state index in [1.54, 1.807) is 0 Å². The van der Waals surface area contributed by atoms with Crippen molar-refractivity contribution >= 4 is 0 Å². The molecule has 0 spiro atoms. The summed E-state index contributed by atoms with van der Waals surface area (Å²) in [5.41, 5.74) is 0. The van der Waals surface area contributed by atoms with Gasteiger partial charge in [0.2, 0.25) is 6.26 Å². The average molecular weight is 67.0 g/mol. The van der Waals surface area contributed by atoms with E-state index in [9.17, 15) is 0 Å². The third-order valence-electron chi connectivity index (χ3n) is 0.275. The second-order valence-corrected chi connectivity index (χ2v) is 0.574. The molecule has 0 saturated carbocycles. The van der Waals surface area contributed by atoms with Gasteiger partial charge in [-0.2, -0.15) is 0 Å². The summed E-state index contributed by atoms with van der Waals surface area (Å²) in [6.45, 7) is 0. The molecule has 2 heteroatoms. The molecule has 0 amide bonds. The first kappa shape index (κ1) is 2.45. The van der Waals surface area contributed by atoms with E-state index in [0.717, 1.165) is 0 Å². The quantitative estimate of drug-likeness (QED) is 0.435. The SMILES string of the molecule is [c]1c[c]on1. The van der Waals surface area contributed by atoms with Crippen LogP contribution in [0, 0.1) is 12.5 Å². The highest BCUT2D eigenvalue weighted by atomic mass is 16.5. The lowest BCUT2D eigenvalue weighted by molar-refractivity contribution is 0.411. The molecule has 0 fully saturated rings. The Morgan fingerprint density at radius 2 is 2.80 bits per heavy atom. The summed E-state index contributed by atoms with van der Waals surface area (Å²) in [6, 6.07) is 1.47. The molecular formula is C3HNO. The zero-order valence-corrected chi connectivity index (χ0v) is 2.43. The largest absolute Gasteiger partial charge is 0.352 e. The van der Waals surface area contributed by atoms with Crippen molar-refractivity contribution in [3.63, 3.8) is 0 Å². The third kappa shape index (κ3) is 0.265. The zero-order chi connectivity index (χ0) is 3.54. The van der Waals surface area contributed by atoms with E-state index in [1.807, 2.05) is 0 Å². The fraction of sp³-hybridized carbons (Fsp3) is 0. The highest BCUT2D eigenvalue weighted by Gasteiger charge is 1.64. The Balaban J connectivity index is 3.13. The van der Waals surface area contributed by atoms with Crippen LogP contribution >= 0.6 is 0 Å². The van der Waals surface area contributed by atoms with Crippen LogP contribution in [-0.4, -0.2) is 5.16 Å². The first-order valence-corrected chi connectivity index (χ1v) is 1.19. The van der Waals surface area contributed by atoms with E-state index in [4.69, 9.17) is 0 Å². The summed E-state index contributed by atoms with van der Waals surface area (Å²) in [7, 11) is 0. The van der Waals surface area contributed by atoms with Crippen LogP contribution in [0.3, 0.4) is 0 Å². The molecule has 5 heavy (non-hydrogen) atoms. The van der Waals surface area contributed by atoms with Crippen LogP contribution in [0.2, 0.25) is 0 Å². The number of rotatable bonds is 0. The number of hydrogen-bond acceptors (Lipinski definition) is 2. The molecule has 24 valence electrons. The van der Waals surface area contributed by atoms with Crippen LogP contribution in [-0.2, 0) is 0 Å². The molecule has 0 aliphatic rings. The first-order chi connectivity index (χ1) is 2.50. The normalized spacial score (nSPS) is 8.00. The van der Waals surface area contributed by atoms with Crippen LogP contribution in [0.5, 0.6) is 0 Å². The van der Waals surface area contributed by atoms with E-state index in [1.165, 1.54) is 6.07 Å². The number of nitrogens with zero attached hydrogens (tertiary/aromatic N) is 1. The number of aromatic nitrogens is 1. The molecule has 1 aromatic heterocycles. The first-order valence-electron chi connectivity index (χ1n) is 1.19. The van der Waals surface area contributed by atoms with Gasteiger partial charge in [-0.15, -0.1) is 0 Å². The highest BCUT2D eigenvalue weighted by Crippen LogP contribution is 1.68. The number of hydrogen-bond donors (Lipinski definition) is 0. The molecule has 0 bridgehead atoms. The Morgan fingerprint density at radius 1 is 1.80 bits per heavy atom. The Morgan fingerprint density at radius 3 is 3.00 bits per heavy atom. The standard InChI is InChI=1S/C3HNO/c1-2-4-5-3-1/h1H. The van der Waals surface area contributed by atoms with Crippen molar-refractivity contribution in [2.75, 3.05) is 0 Å². The highest BCUT2D eigenvalue weighted by molar-refractivity contribution is 4.62. The van der Waals surface area contributed by atoms with Gasteiger partial charge in [-0.1, -0.05) is 5.16 Å². The fourth-order valence-corrected chi connectivity index (χ4v) is 0.132. The molecule has 2 radical (unpaired) electrons. The second kappa shape index (κ2) is 0.885. The van der Waals surface area contributed by atoms with Crippen molar-refractivity contribution in [2.45, 2.75) is 0 Å². The van der Waals surface area contributed by atoms with Crippen molar-refractivity contribution in [3.8, 4) is 0 Å². The van der Waals surface area contributed by atoms with Gasteiger partial charge in [-0.05, 0) is 0 Å². The van der Waals surface area contributed by atoms with E-state index in [0.29, 0.717) is 0 Å². The predicted octanol–water partition coefficient (Wildman–Crippen LogP) is 0.275. The summed E-state index contributed by atoms with van der Waals surface area (Å²) < 4.78 is 4.15. The summed E-state index contributed by atoms with van der Waals surface area (Å²) in [5, 5.41) is 3.17. The average Bonchev–Trinajstić information content (AvgIpc) is 1.76. The van der Waals surface area contributed by atoms with Crippen molar-refractivity contribution in [1.82, 2.24) is 5.16 Å². The maximum atomic E-state index is 4.15. The molecule has 0 N–H and O–H groups in total. The summed E-state index contributed by atoms with van der Waals surface area (Å²) >= 11 is 0. The van der Waals surface area contributed by atoms with Crippen molar-refractivity contribution in [2.24, 2.45) is 0 Å². The van der Waals surface area contributed by atoms with Crippen LogP contribution in [0.15, 0.2) is 10.6 Å². The smallest absolute Gasteiger partial charge is 0.205 e. The van der Waals surface area contributed by atoms with Gasteiger partial charge >= 0.3 is 0 Å². The van der Waals surface area contributed by atoms with Crippen molar-refractivity contribution in [3.05, 3.63) is 18.5 Å². The van der Waals surface area contributed by atoms with Crippen LogP contribution in [0.1, 0.15) is 0 Å². The second-order valence-electron chi connectivity index (χ2n) is 0.574. The van der Waals surface area contributed by atoms with E-state index in [2.05, 4.69) is 22.1 Å². The van der Waals surface area contributed by atoms with Gasteiger partial charge in [0.25, 0.3) is 0 Å². The van der Waals surface area contributed by atoms with Gasteiger partial charge in [0, 0.05) is 6.07 Å². The Bertz CT molecular complexity index is 63.4. The minimum atomic E-state index is 1.47. The molecule has 1 aromatic rings. The summed E-state index contributed by atoms with van der Waals surface area (Å²) in [4.78, 5) is 0. The molecule has 0 atom stereocenters. The minimum Gasteiger partial charge on any atom is -0.352 e. The monoisotopic (exact) mass is 67.0 g/mol. The Labute approximate surface area is 29.4 Å². The fourth-order valence-electron chi connectivity index (χ4n) is 0.132. The lowest BCUT2D eigenvalue weighted by Gasteiger charge is -1.45. The molecule has 0 aliphatic carbocycles. The lowest BCUT2D eigenvalue weighted by Crippen LogP contribution is -1.40. The molecule has 0 saturated heterocycles. The maximum absolute atomic E-state index is 4.15.